The van der Waals surface area contributed by atoms with Crippen LogP contribution in [0.2, 0.25) is 0 Å². The average Bonchev–Trinajstić information content (AvgIpc) is 2.53. The average molecular weight is 300 g/mol. The highest BCUT2D eigenvalue weighted by Crippen LogP contribution is 2.17. The molecule has 21 heavy (non-hydrogen) atoms. The number of likely N-dealkylation sites (tertiary alicyclic amines) is 1. The van der Waals surface area contributed by atoms with Gasteiger partial charge in [-0.2, -0.15) is 0 Å². The van der Waals surface area contributed by atoms with Crippen LogP contribution in [0.5, 0.6) is 0 Å². The van der Waals surface area contributed by atoms with E-state index in [1.165, 1.54) is 0 Å². The summed E-state index contributed by atoms with van der Waals surface area (Å²) in [4.78, 5) is 26.9. The van der Waals surface area contributed by atoms with E-state index in [1.54, 1.807) is 0 Å². The number of carbonyl (C=O) groups excluding carboxylic acids is 1. The van der Waals surface area contributed by atoms with Crippen LogP contribution in [0.25, 0.3) is 0 Å². The first-order valence-corrected chi connectivity index (χ1v) is 7.52. The van der Waals surface area contributed by atoms with Gasteiger partial charge in [-0.1, -0.05) is 0 Å². The summed E-state index contributed by atoms with van der Waals surface area (Å²) in [5, 5.41) is 8.61. The first kappa shape index (κ1) is 16.2. The molecular formula is C14H24N2O5. The van der Waals surface area contributed by atoms with E-state index in [-0.39, 0.29) is 24.7 Å². The third-order valence-corrected chi connectivity index (χ3v) is 4.15. The van der Waals surface area contributed by atoms with E-state index in [0.29, 0.717) is 26.3 Å². The monoisotopic (exact) mass is 300 g/mol. The van der Waals surface area contributed by atoms with Crippen LogP contribution in [0.1, 0.15) is 19.8 Å². The van der Waals surface area contributed by atoms with Crippen molar-refractivity contribution in [1.29, 1.82) is 0 Å². The Labute approximate surface area is 124 Å². The van der Waals surface area contributed by atoms with Crippen LogP contribution in [0, 0.1) is 0 Å². The van der Waals surface area contributed by atoms with Crippen molar-refractivity contribution in [2.24, 2.45) is 0 Å². The molecular weight excluding hydrogens is 276 g/mol. The smallest absolute Gasteiger partial charge is 0.329 e. The van der Waals surface area contributed by atoms with Crippen LogP contribution >= 0.6 is 0 Å². The van der Waals surface area contributed by atoms with Crippen molar-refractivity contribution in [3.05, 3.63) is 0 Å². The summed E-state index contributed by atoms with van der Waals surface area (Å²) in [6.45, 7) is 5.79. The quantitative estimate of drug-likeness (QED) is 0.757. The summed E-state index contributed by atoms with van der Waals surface area (Å²) in [5.41, 5.74) is 0. The van der Waals surface area contributed by atoms with Gasteiger partial charge < -0.3 is 19.5 Å². The molecule has 0 aliphatic carbocycles. The van der Waals surface area contributed by atoms with Gasteiger partial charge in [-0.3, -0.25) is 9.69 Å². The summed E-state index contributed by atoms with van der Waals surface area (Å²) < 4.78 is 10.6. The van der Waals surface area contributed by atoms with Crippen LogP contribution in [0.3, 0.4) is 0 Å². The largest absolute Gasteiger partial charge is 0.480 e. The van der Waals surface area contributed by atoms with Crippen LogP contribution in [0.15, 0.2) is 0 Å². The van der Waals surface area contributed by atoms with Crippen LogP contribution in [-0.2, 0) is 19.1 Å². The van der Waals surface area contributed by atoms with Gasteiger partial charge in [0.15, 0.2) is 0 Å². The third-order valence-electron chi connectivity index (χ3n) is 4.15. The molecule has 1 N–H and O–H groups in total. The first-order chi connectivity index (χ1) is 10.1. The number of rotatable bonds is 5. The van der Waals surface area contributed by atoms with Gasteiger partial charge in [-0.25, -0.2) is 4.79 Å². The van der Waals surface area contributed by atoms with Crippen molar-refractivity contribution in [3.63, 3.8) is 0 Å². The minimum Gasteiger partial charge on any atom is -0.480 e. The molecule has 0 aromatic rings. The normalized spacial score (nSPS) is 23.0. The molecule has 2 aliphatic heterocycles. The Morgan fingerprint density at radius 3 is 2.43 bits per heavy atom. The van der Waals surface area contributed by atoms with E-state index in [4.69, 9.17) is 14.6 Å². The van der Waals surface area contributed by atoms with Gasteiger partial charge in [0.1, 0.15) is 6.61 Å². The SMILES string of the molecule is CC(C(=O)N1CCOCC1)N1CCC(OCC(=O)O)CC1. The summed E-state index contributed by atoms with van der Waals surface area (Å²) in [5.74, 6) is -0.781. The molecule has 1 atom stereocenters. The van der Waals surface area contributed by atoms with Crippen molar-refractivity contribution in [1.82, 2.24) is 9.80 Å². The summed E-state index contributed by atoms with van der Waals surface area (Å²) in [6, 6.07) is -0.136. The lowest BCUT2D eigenvalue weighted by atomic mass is 10.1. The minimum absolute atomic E-state index is 0.0111. The van der Waals surface area contributed by atoms with Crippen molar-refractivity contribution in [3.8, 4) is 0 Å². The molecule has 0 aromatic carbocycles. The second-order valence-corrected chi connectivity index (χ2v) is 5.55. The molecule has 2 fully saturated rings. The fourth-order valence-corrected chi connectivity index (χ4v) is 2.82. The highest BCUT2D eigenvalue weighted by Gasteiger charge is 2.30. The van der Waals surface area contributed by atoms with E-state index in [1.807, 2.05) is 11.8 Å². The summed E-state index contributed by atoms with van der Waals surface area (Å²) in [7, 11) is 0. The zero-order chi connectivity index (χ0) is 15.2. The zero-order valence-corrected chi connectivity index (χ0v) is 12.5. The third kappa shape index (κ3) is 4.66. The van der Waals surface area contributed by atoms with Gasteiger partial charge in [0, 0.05) is 26.2 Å². The van der Waals surface area contributed by atoms with Crippen molar-refractivity contribution in [2.45, 2.75) is 31.9 Å². The molecule has 0 aromatic heterocycles. The molecule has 1 unspecified atom stereocenters. The first-order valence-electron chi connectivity index (χ1n) is 7.52. The van der Waals surface area contributed by atoms with Gasteiger partial charge in [0.05, 0.1) is 25.4 Å². The van der Waals surface area contributed by atoms with Crippen LogP contribution in [0.4, 0.5) is 0 Å². The number of piperidine rings is 1. The van der Waals surface area contributed by atoms with Gasteiger partial charge in [-0.05, 0) is 19.8 Å². The molecule has 0 spiro atoms. The molecule has 2 saturated heterocycles. The van der Waals surface area contributed by atoms with Crippen molar-refractivity contribution < 1.29 is 24.2 Å². The highest BCUT2D eigenvalue weighted by molar-refractivity contribution is 5.81. The van der Waals surface area contributed by atoms with Gasteiger partial charge in [0.25, 0.3) is 0 Å². The Morgan fingerprint density at radius 1 is 1.24 bits per heavy atom. The Balaban J connectivity index is 1.75. The molecule has 1 amide bonds. The van der Waals surface area contributed by atoms with Crippen molar-refractivity contribution >= 4 is 11.9 Å². The Hall–Kier alpha value is -1.18. The van der Waals surface area contributed by atoms with Crippen molar-refractivity contribution in [2.75, 3.05) is 46.0 Å². The number of nitrogens with zero attached hydrogens (tertiary/aromatic N) is 2. The predicted octanol–water partition coefficient (Wildman–Crippen LogP) is -0.201. The number of carboxylic acid groups (broad SMARTS) is 1. The standard InChI is InChI=1S/C14H24N2O5/c1-11(14(19)16-6-8-20-9-7-16)15-4-2-12(3-5-15)21-10-13(17)18/h11-12H,2-10H2,1H3,(H,17,18). The number of amides is 1. The fourth-order valence-electron chi connectivity index (χ4n) is 2.82. The van der Waals surface area contributed by atoms with E-state index < -0.39 is 5.97 Å². The second kappa shape index (κ2) is 7.72. The minimum atomic E-state index is -0.937. The number of aliphatic carboxylic acids is 1. The molecule has 0 radical (unpaired) electrons. The van der Waals surface area contributed by atoms with E-state index in [9.17, 15) is 9.59 Å². The highest BCUT2D eigenvalue weighted by atomic mass is 16.5. The predicted molar refractivity (Wildman–Crippen MR) is 75.0 cm³/mol. The van der Waals surface area contributed by atoms with Crippen LogP contribution < -0.4 is 0 Å². The van der Waals surface area contributed by atoms with Gasteiger partial charge >= 0.3 is 5.97 Å². The number of morpholine rings is 1. The lowest BCUT2D eigenvalue weighted by Gasteiger charge is -2.38. The Kier molecular flexibility index (Phi) is 5.96. The number of carbonyl (C=O) groups is 2. The molecule has 0 bridgehead atoms. The number of hydrogen-bond donors (Lipinski definition) is 1. The molecule has 0 saturated carbocycles. The topological polar surface area (TPSA) is 79.3 Å². The lowest BCUT2D eigenvalue weighted by molar-refractivity contribution is -0.146. The fraction of sp³-hybridized carbons (Fsp3) is 0.857. The van der Waals surface area contributed by atoms with Gasteiger partial charge in [-0.15, -0.1) is 0 Å². The van der Waals surface area contributed by atoms with Crippen LogP contribution in [-0.4, -0.2) is 84.9 Å². The Bertz CT molecular complexity index is 362. The molecule has 120 valence electrons. The maximum absolute atomic E-state index is 12.4. The lowest BCUT2D eigenvalue weighted by Crippen LogP contribution is -2.52. The summed E-state index contributed by atoms with van der Waals surface area (Å²) in [6.07, 6.45) is 1.53. The van der Waals surface area contributed by atoms with E-state index in [0.717, 1.165) is 25.9 Å². The second-order valence-electron chi connectivity index (χ2n) is 5.55. The zero-order valence-electron chi connectivity index (χ0n) is 12.5. The van der Waals surface area contributed by atoms with Gasteiger partial charge in [0.2, 0.25) is 5.91 Å². The molecule has 2 rings (SSSR count). The van der Waals surface area contributed by atoms with E-state index in [2.05, 4.69) is 4.90 Å². The molecule has 2 aliphatic rings. The summed E-state index contributed by atoms with van der Waals surface area (Å²) >= 11 is 0. The number of hydrogen-bond acceptors (Lipinski definition) is 5. The number of carboxylic acids is 1. The number of ether oxygens (including phenoxy) is 2. The Morgan fingerprint density at radius 2 is 1.86 bits per heavy atom. The molecule has 7 heteroatoms. The maximum Gasteiger partial charge on any atom is 0.329 e. The van der Waals surface area contributed by atoms with E-state index >= 15 is 0 Å². The molecule has 7 nitrogen and oxygen atoms in total. The maximum atomic E-state index is 12.4. The molecule has 2 heterocycles.